The van der Waals surface area contributed by atoms with Gasteiger partial charge in [-0.3, -0.25) is 0 Å². The predicted molar refractivity (Wildman–Crippen MR) is 77.7 cm³/mol. The van der Waals surface area contributed by atoms with Crippen LogP contribution in [-0.4, -0.2) is 15.0 Å². The van der Waals surface area contributed by atoms with Crippen LogP contribution in [0.25, 0.3) is 0 Å². The topological polar surface area (TPSA) is 46.2 Å². The van der Waals surface area contributed by atoms with E-state index in [9.17, 15) is 8.42 Å². The molecule has 1 aromatic rings. The zero-order valence-electron chi connectivity index (χ0n) is 11.1. The van der Waals surface area contributed by atoms with Gasteiger partial charge in [-0.25, -0.2) is 13.1 Å². The lowest BCUT2D eigenvalue weighted by Gasteiger charge is -2.24. The van der Waals surface area contributed by atoms with Gasteiger partial charge in [0.2, 0.25) is 10.0 Å². The van der Waals surface area contributed by atoms with Gasteiger partial charge in [0.15, 0.2) is 0 Å². The van der Waals surface area contributed by atoms with Crippen LogP contribution in [0.4, 0.5) is 0 Å². The second kappa shape index (κ2) is 6.37. The molecule has 0 saturated carbocycles. The molecule has 0 aliphatic carbocycles. The van der Waals surface area contributed by atoms with E-state index in [1.807, 2.05) is 0 Å². The van der Waals surface area contributed by atoms with Crippen molar-refractivity contribution in [2.75, 3.05) is 6.54 Å². The molecule has 1 aromatic heterocycles. The van der Waals surface area contributed by atoms with Crippen LogP contribution in [0.5, 0.6) is 0 Å². The summed E-state index contributed by atoms with van der Waals surface area (Å²) in [6.45, 7) is 8.91. The number of thiophene rings is 1. The first-order valence-corrected chi connectivity index (χ1v) is 8.66. The standard InChI is InChI=1S/C12H20ClNO2S2/c1-8(2)10(9(3)4)7-14-18(15,16)12-6-5-11(13)17-12/h5-6,8-10,14H,7H2,1-4H3. The largest absolute Gasteiger partial charge is 0.250 e. The molecule has 1 N–H and O–H groups in total. The summed E-state index contributed by atoms with van der Waals surface area (Å²) in [5.41, 5.74) is 0. The minimum absolute atomic E-state index is 0.277. The van der Waals surface area contributed by atoms with E-state index in [0.717, 1.165) is 11.3 Å². The van der Waals surface area contributed by atoms with Gasteiger partial charge >= 0.3 is 0 Å². The molecule has 18 heavy (non-hydrogen) atoms. The maximum atomic E-state index is 12.0. The zero-order chi connectivity index (χ0) is 13.9. The van der Waals surface area contributed by atoms with Crippen LogP contribution in [0.2, 0.25) is 4.34 Å². The number of sulfonamides is 1. The zero-order valence-corrected chi connectivity index (χ0v) is 13.5. The summed E-state index contributed by atoms with van der Waals surface area (Å²) in [4.78, 5) is 0. The lowest BCUT2D eigenvalue weighted by Crippen LogP contribution is -2.33. The number of nitrogens with one attached hydrogen (secondary N) is 1. The summed E-state index contributed by atoms with van der Waals surface area (Å²) in [5.74, 6) is 1.22. The summed E-state index contributed by atoms with van der Waals surface area (Å²) >= 11 is 6.83. The molecule has 6 heteroatoms. The number of hydrogen-bond acceptors (Lipinski definition) is 3. The van der Waals surface area contributed by atoms with Crippen LogP contribution in [0.15, 0.2) is 16.3 Å². The van der Waals surface area contributed by atoms with Gasteiger partial charge in [0.05, 0.1) is 4.34 Å². The summed E-state index contributed by atoms with van der Waals surface area (Å²) in [6, 6.07) is 3.14. The van der Waals surface area contributed by atoms with Gasteiger partial charge < -0.3 is 0 Å². The number of hydrogen-bond donors (Lipinski definition) is 1. The Hall–Kier alpha value is -0.100. The normalized spacial score (nSPS) is 12.9. The van der Waals surface area contributed by atoms with E-state index in [2.05, 4.69) is 32.4 Å². The highest BCUT2D eigenvalue weighted by molar-refractivity contribution is 7.91. The molecule has 1 heterocycles. The van der Waals surface area contributed by atoms with E-state index in [1.54, 1.807) is 6.07 Å². The average molecular weight is 310 g/mol. The van der Waals surface area contributed by atoms with Crippen LogP contribution in [-0.2, 0) is 10.0 Å². The van der Waals surface area contributed by atoms with Gasteiger partial charge in [0.1, 0.15) is 4.21 Å². The van der Waals surface area contributed by atoms with E-state index in [4.69, 9.17) is 11.6 Å². The fourth-order valence-electron chi connectivity index (χ4n) is 1.96. The highest BCUT2D eigenvalue weighted by Gasteiger charge is 2.22. The summed E-state index contributed by atoms with van der Waals surface area (Å²) in [7, 11) is -3.42. The Balaban J connectivity index is 2.73. The molecule has 0 saturated heterocycles. The molecule has 0 atom stereocenters. The van der Waals surface area contributed by atoms with E-state index in [1.165, 1.54) is 6.07 Å². The monoisotopic (exact) mass is 309 g/mol. The molecule has 3 nitrogen and oxygen atoms in total. The number of rotatable bonds is 6. The van der Waals surface area contributed by atoms with E-state index in [0.29, 0.717) is 28.6 Å². The Bertz CT molecular complexity index is 472. The van der Waals surface area contributed by atoms with Crippen LogP contribution < -0.4 is 4.72 Å². The van der Waals surface area contributed by atoms with E-state index < -0.39 is 10.0 Å². The highest BCUT2D eigenvalue weighted by Crippen LogP contribution is 2.26. The van der Waals surface area contributed by atoms with Gasteiger partial charge in [0.25, 0.3) is 0 Å². The van der Waals surface area contributed by atoms with Gasteiger partial charge in [-0.15, -0.1) is 11.3 Å². The van der Waals surface area contributed by atoms with Gasteiger partial charge in [0, 0.05) is 6.54 Å². The maximum absolute atomic E-state index is 12.0. The third-order valence-corrected chi connectivity index (χ3v) is 6.18. The van der Waals surface area contributed by atoms with Gasteiger partial charge in [-0.1, -0.05) is 39.3 Å². The second-order valence-corrected chi connectivity index (χ2v) is 8.77. The number of halogens is 1. The molecule has 1 rings (SSSR count). The Morgan fingerprint density at radius 2 is 1.78 bits per heavy atom. The molecule has 104 valence electrons. The molecular formula is C12H20ClNO2S2. The third-order valence-electron chi connectivity index (χ3n) is 3.04. The van der Waals surface area contributed by atoms with Crippen LogP contribution in [0.3, 0.4) is 0 Å². The lowest BCUT2D eigenvalue weighted by molar-refractivity contribution is 0.289. The molecule has 0 aliphatic heterocycles. The minimum Gasteiger partial charge on any atom is -0.210 e. The first-order valence-electron chi connectivity index (χ1n) is 5.99. The Kier molecular flexibility index (Phi) is 5.65. The van der Waals surface area contributed by atoms with Gasteiger partial charge in [-0.2, -0.15) is 0 Å². The predicted octanol–water partition coefficient (Wildman–Crippen LogP) is 3.61. The molecule has 0 radical (unpaired) electrons. The van der Waals surface area contributed by atoms with Crippen molar-refractivity contribution in [3.63, 3.8) is 0 Å². The van der Waals surface area contributed by atoms with Crippen LogP contribution in [0, 0.1) is 17.8 Å². The van der Waals surface area contributed by atoms with E-state index >= 15 is 0 Å². The molecule has 0 bridgehead atoms. The molecular weight excluding hydrogens is 290 g/mol. The van der Waals surface area contributed by atoms with Gasteiger partial charge in [-0.05, 0) is 29.9 Å². The van der Waals surface area contributed by atoms with Crippen molar-refractivity contribution >= 4 is 33.0 Å². The molecule has 0 aromatic carbocycles. The highest BCUT2D eigenvalue weighted by atomic mass is 35.5. The maximum Gasteiger partial charge on any atom is 0.250 e. The quantitative estimate of drug-likeness (QED) is 0.872. The Labute approximate surface area is 119 Å². The van der Waals surface area contributed by atoms with Crippen LogP contribution >= 0.6 is 22.9 Å². The fourth-order valence-corrected chi connectivity index (χ4v) is 4.56. The molecule has 0 aliphatic rings. The minimum atomic E-state index is -3.42. The van der Waals surface area contributed by atoms with Crippen molar-refractivity contribution in [3.05, 3.63) is 16.5 Å². The van der Waals surface area contributed by atoms with Crippen molar-refractivity contribution in [2.24, 2.45) is 17.8 Å². The SMILES string of the molecule is CC(C)C(CNS(=O)(=O)c1ccc(Cl)s1)C(C)C. The van der Waals surface area contributed by atoms with Crippen molar-refractivity contribution in [1.29, 1.82) is 0 Å². The summed E-state index contributed by atoms with van der Waals surface area (Å²) in [5, 5.41) is 0. The van der Waals surface area contributed by atoms with Crippen molar-refractivity contribution in [3.8, 4) is 0 Å². The Morgan fingerprint density at radius 3 is 2.17 bits per heavy atom. The first-order chi connectivity index (χ1) is 8.24. The van der Waals surface area contributed by atoms with Crippen molar-refractivity contribution in [2.45, 2.75) is 31.9 Å². The van der Waals surface area contributed by atoms with Crippen LogP contribution in [0.1, 0.15) is 27.7 Å². The second-order valence-electron chi connectivity index (χ2n) is 5.06. The third kappa shape index (κ3) is 4.23. The average Bonchev–Trinajstić information content (AvgIpc) is 2.64. The molecule has 0 fully saturated rings. The van der Waals surface area contributed by atoms with Crippen molar-refractivity contribution < 1.29 is 8.42 Å². The van der Waals surface area contributed by atoms with Crippen molar-refractivity contribution in [1.82, 2.24) is 4.72 Å². The fraction of sp³-hybridized carbons (Fsp3) is 0.667. The van der Waals surface area contributed by atoms with E-state index in [-0.39, 0.29) is 4.21 Å². The molecule has 0 unspecified atom stereocenters. The smallest absolute Gasteiger partial charge is 0.210 e. The first kappa shape index (κ1) is 16.0. The summed E-state index contributed by atoms with van der Waals surface area (Å²) in [6.07, 6.45) is 0. The summed E-state index contributed by atoms with van der Waals surface area (Å²) < 4.78 is 27.5. The Morgan fingerprint density at radius 1 is 1.22 bits per heavy atom. The molecule has 0 amide bonds. The molecule has 0 spiro atoms. The lowest BCUT2D eigenvalue weighted by atomic mass is 9.86.